The van der Waals surface area contributed by atoms with E-state index in [0.29, 0.717) is 19.3 Å². The zero-order valence-electron chi connectivity index (χ0n) is 26.4. The molecule has 4 aromatic carbocycles. The molecule has 7 heteroatoms. The molecular weight excluding hydrogens is 572 g/mol. The van der Waals surface area contributed by atoms with Gasteiger partial charge < -0.3 is 14.5 Å². The number of fused-ring (bicyclic) bond motifs is 2. The summed E-state index contributed by atoms with van der Waals surface area (Å²) in [4.78, 5) is 36.0. The van der Waals surface area contributed by atoms with Crippen LogP contribution in [-0.2, 0) is 6.42 Å². The third-order valence-corrected chi connectivity index (χ3v) is 9.66. The van der Waals surface area contributed by atoms with Crippen LogP contribution in [0.4, 0.5) is 11.4 Å². The van der Waals surface area contributed by atoms with Crippen LogP contribution in [0, 0.1) is 0 Å². The number of piperazine rings is 2. The number of para-hydroxylation sites is 2. The van der Waals surface area contributed by atoms with Gasteiger partial charge in [0.05, 0.1) is 0 Å². The zero-order valence-corrected chi connectivity index (χ0v) is 26.4. The molecule has 0 spiro atoms. The van der Waals surface area contributed by atoms with Gasteiger partial charge in [0.15, 0.2) is 11.6 Å². The van der Waals surface area contributed by atoms with Crippen molar-refractivity contribution in [2.45, 2.75) is 19.3 Å². The molecule has 0 aliphatic carbocycles. The van der Waals surface area contributed by atoms with Crippen molar-refractivity contribution >= 4 is 22.9 Å². The minimum absolute atomic E-state index is 0.160. The number of benzene rings is 4. The molecule has 3 aliphatic heterocycles. The maximum absolute atomic E-state index is 13.2. The van der Waals surface area contributed by atoms with Crippen LogP contribution >= 0.6 is 0 Å². The first-order chi connectivity index (χ1) is 22.6. The summed E-state index contributed by atoms with van der Waals surface area (Å²) in [6.45, 7) is 9.29. The van der Waals surface area contributed by atoms with Crippen molar-refractivity contribution in [1.82, 2.24) is 9.80 Å². The fraction of sp³-hybridized carbons (Fsp3) is 0.333. The van der Waals surface area contributed by atoms with Gasteiger partial charge in [0.25, 0.3) is 0 Å². The topological polar surface area (TPSA) is 56.3 Å². The monoisotopic (exact) mass is 614 g/mol. The lowest BCUT2D eigenvalue weighted by Gasteiger charge is -2.36. The SMILES string of the molecule is O=C(CCN1CCN(c2ccccc2)CC1)c1ccc2c(c1)Cc1cc(C(=O)CCN3CCN(c4ccccc4)CC3)ccc1O2. The smallest absolute Gasteiger partial charge is 0.164 e. The van der Waals surface area contributed by atoms with E-state index < -0.39 is 0 Å². The van der Waals surface area contributed by atoms with Gasteiger partial charge in [-0.05, 0) is 60.7 Å². The van der Waals surface area contributed by atoms with Gasteiger partial charge in [0.1, 0.15) is 11.5 Å². The van der Waals surface area contributed by atoms with Crippen molar-refractivity contribution in [2.75, 3.05) is 75.2 Å². The predicted octanol–water partition coefficient (Wildman–Crippen LogP) is 6.17. The molecule has 3 heterocycles. The molecule has 7 nitrogen and oxygen atoms in total. The summed E-state index contributed by atoms with van der Waals surface area (Å²) in [5.41, 5.74) is 5.98. The van der Waals surface area contributed by atoms with Crippen LogP contribution in [0.25, 0.3) is 0 Å². The van der Waals surface area contributed by atoms with Crippen molar-refractivity contribution in [3.8, 4) is 11.5 Å². The first-order valence-electron chi connectivity index (χ1n) is 16.6. The van der Waals surface area contributed by atoms with Gasteiger partial charge >= 0.3 is 0 Å². The molecule has 7 rings (SSSR count). The molecule has 0 N–H and O–H groups in total. The van der Waals surface area contributed by atoms with E-state index in [-0.39, 0.29) is 11.6 Å². The number of carbonyl (C=O) groups is 2. The van der Waals surface area contributed by atoms with E-state index in [1.807, 2.05) is 48.5 Å². The van der Waals surface area contributed by atoms with Gasteiger partial charge in [-0.1, -0.05) is 36.4 Å². The third kappa shape index (κ3) is 7.01. The maximum atomic E-state index is 13.2. The number of carbonyl (C=O) groups excluding carboxylic acids is 2. The maximum Gasteiger partial charge on any atom is 0.164 e. The lowest BCUT2D eigenvalue weighted by Crippen LogP contribution is -2.46. The summed E-state index contributed by atoms with van der Waals surface area (Å²) < 4.78 is 6.20. The highest BCUT2D eigenvalue weighted by molar-refractivity contribution is 5.97. The highest BCUT2D eigenvalue weighted by Gasteiger charge is 2.23. The van der Waals surface area contributed by atoms with Crippen molar-refractivity contribution < 1.29 is 14.3 Å². The highest BCUT2D eigenvalue weighted by Crippen LogP contribution is 2.37. The number of anilines is 2. The second-order valence-electron chi connectivity index (χ2n) is 12.6. The Kier molecular flexibility index (Phi) is 9.12. The number of hydrogen-bond donors (Lipinski definition) is 0. The molecule has 0 aromatic heterocycles. The van der Waals surface area contributed by atoms with E-state index in [4.69, 9.17) is 4.74 Å². The number of Topliss-reactive ketones (excluding diaryl/α,β-unsaturated/α-hetero) is 2. The summed E-state index contributed by atoms with van der Waals surface area (Å²) in [7, 11) is 0. The Hall–Kier alpha value is -4.46. The minimum Gasteiger partial charge on any atom is -0.457 e. The normalized spacial score (nSPS) is 16.8. The number of hydrogen-bond acceptors (Lipinski definition) is 7. The van der Waals surface area contributed by atoms with Crippen LogP contribution in [0.1, 0.15) is 44.7 Å². The molecule has 0 bridgehead atoms. The molecule has 3 aliphatic rings. The van der Waals surface area contributed by atoms with Crippen molar-refractivity contribution in [3.63, 3.8) is 0 Å². The Balaban J connectivity index is 0.899. The molecule has 0 radical (unpaired) electrons. The minimum atomic E-state index is 0.160. The van der Waals surface area contributed by atoms with Crippen LogP contribution in [0.5, 0.6) is 11.5 Å². The Bertz CT molecular complexity index is 1540. The first-order valence-corrected chi connectivity index (χ1v) is 16.6. The average Bonchev–Trinajstić information content (AvgIpc) is 3.12. The zero-order chi connectivity index (χ0) is 31.3. The Morgan fingerprint density at radius 1 is 0.522 bits per heavy atom. The van der Waals surface area contributed by atoms with E-state index in [0.717, 1.165) is 99.2 Å². The average molecular weight is 615 g/mol. The largest absolute Gasteiger partial charge is 0.457 e. The summed E-state index contributed by atoms with van der Waals surface area (Å²) in [6, 6.07) is 32.6. The Labute approximate surface area is 272 Å². The molecule has 0 unspecified atom stereocenters. The molecule has 0 atom stereocenters. The van der Waals surface area contributed by atoms with Gasteiger partial charge in [-0.3, -0.25) is 19.4 Å². The highest BCUT2D eigenvalue weighted by atomic mass is 16.5. The molecule has 46 heavy (non-hydrogen) atoms. The standard InChI is InChI=1S/C39H42N4O3/c44-36(15-17-40-19-23-42(24-20-40)34-7-3-1-4-8-34)30-11-13-38-32(27-30)29-33-28-31(12-14-39(33)46-38)37(45)16-18-41-21-25-43(26-22-41)35-9-5-2-6-10-35/h1-14,27-28H,15-26,29H2. The fourth-order valence-electron chi connectivity index (χ4n) is 6.85. The molecule has 2 saturated heterocycles. The molecule has 0 amide bonds. The fourth-order valence-corrected chi connectivity index (χ4v) is 6.85. The Morgan fingerprint density at radius 2 is 0.935 bits per heavy atom. The van der Waals surface area contributed by atoms with Gasteiger partial charge in [-0.25, -0.2) is 0 Å². The van der Waals surface area contributed by atoms with Gasteiger partial charge in [0, 0.05) is 118 Å². The van der Waals surface area contributed by atoms with Crippen LogP contribution in [0.2, 0.25) is 0 Å². The van der Waals surface area contributed by atoms with Crippen LogP contribution < -0.4 is 14.5 Å². The van der Waals surface area contributed by atoms with E-state index in [1.165, 1.54) is 11.4 Å². The molecule has 2 fully saturated rings. The van der Waals surface area contributed by atoms with Gasteiger partial charge in [-0.15, -0.1) is 0 Å². The number of nitrogens with zero attached hydrogens (tertiary/aromatic N) is 4. The quantitative estimate of drug-likeness (QED) is 0.174. The first kappa shape index (κ1) is 30.2. The van der Waals surface area contributed by atoms with Crippen molar-refractivity contribution in [1.29, 1.82) is 0 Å². The Morgan fingerprint density at radius 3 is 1.35 bits per heavy atom. The summed E-state index contributed by atoms with van der Waals surface area (Å²) in [6.07, 6.45) is 1.65. The predicted molar refractivity (Wildman–Crippen MR) is 184 cm³/mol. The van der Waals surface area contributed by atoms with E-state index in [2.05, 4.69) is 68.1 Å². The third-order valence-electron chi connectivity index (χ3n) is 9.66. The lowest BCUT2D eigenvalue weighted by atomic mass is 9.94. The lowest BCUT2D eigenvalue weighted by molar-refractivity contribution is 0.0954. The van der Waals surface area contributed by atoms with Crippen molar-refractivity contribution in [2.24, 2.45) is 0 Å². The summed E-state index contributed by atoms with van der Waals surface area (Å²) in [5, 5.41) is 0. The van der Waals surface area contributed by atoms with Crippen molar-refractivity contribution in [3.05, 3.63) is 119 Å². The second kappa shape index (κ2) is 13.9. The number of ether oxygens (including phenoxy) is 1. The molecule has 0 saturated carbocycles. The van der Waals surface area contributed by atoms with Crippen LogP contribution in [-0.4, -0.2) is 86.8 Å². The molecule has 4 aromatic rings. The van der Waals surface area contributed by atoms with E-state index in [9.17, 15) is 9.59 Å². The van der Waals surface area contributed by atoms with E-state index in [1.54, 1.807) is 0 Å². The molecule has 236 valence electrons. The van der Waals surface area contributed by atoms with E-state index >= 15 is 0 Å². The van der Waals surface area contributed by atoms with Crippen LogP contribution in [0.15, 0.2) is 97.1 Å². The molecular formula is C39H42N4O3. The van der Waals surface area contributed by atoms with Crippen LogP contribution in [0.3, 0.4) is 0 Å². The van der Waals surface area contributed by atoms with Gasteiger partial charge in [0.2, 0.25) is 0 Å². The van der Waals surface area contributed by atoms with Gasteiger partial charge in [-0.2, -0.15) is 0 Å². The number of ketones is 2. The number of rotatable bonds is 10. The summed E-state index contributed by atoms with van der Waals surface area (Å²) in [5.74, 6) is 1.89. The second-order valence-corrected chi connectivity index (χ2v) is 12.6. The summed E-state index contributed by atoms with van der Waals surface area (Å²) >= 11 is 0.